The fourth-order valence-electron chi connectivity index (χ4n) is 1.20. The summed E-state index contributed by atoms with van der Waals surface area (Å²) in [6, 6.07) is 3.34. The molecule has 0 bridgehead atoms. The molecule has 1 atom stereocenters. The molecule has 0 radical (unpaired) electrons. The van der Waals surface area contributed by atoms with Crippen molar-refractivity contribution in [2.45, 2.75) is 19.2 Å². The summed E-state index contributed by atoms with van der Waals surface area (Å²) in [6.07, 6.45) is 1.66. The number of aromatic nitrogens is 1. The number of rotatable bonds is 3. The van der Waals surface area contributed by atoms with E-state index < -0.39 is 19.2 Å². The van der Waals surface area contributed by atoms with Crippen LogP contribution < -0.4 is 0 Å². The van der Waals surface area contributed by atoms with E-state index in [4.69, 9.17) is 5.26 Å². The summed E-state index contributed by atoms with van der Waals surface area (Å²) in [5.41, 5.74) is 0.636. The van der Waals surface area contributed by atoms with Crippen molar-refractivity contribution < 1.29 is 12.9 Å². The largest absolute Gasteiger partial charge is 0.482 e. The van der Waals surface area contributed by atoms with Crippen molar-refractivity contribution >= 4 is 6.98 Å². The molecule has 0 aliphatic heterocycles. The Balaban J connectivity index is 2.89. The maximum Gasteiger partial charge on any atom is 0.482 e. The van der Waals surface area contributed by atoms with Gasteiger partial charge in [0.1, 0.15) is 0 Å². The minimum absolute atomic E-state index is 0.113. The predicted molar refractivity (Wildman–Crippen MR) is 51.0 cm³/mol. The highest BCUT2D eigenvalue weighted by Crippen LogP contribution is 2.19. The molecular formula is C9H9BF3N2-. The van der Waals surface area contributed by atoms with Gasteiger partial charge in [-0.3, -0.25) is 4.98 Å². The van der Waals surface area contributed by atoms with E-state index in [1.165, 1.54) is 18.5 Å². The average molecular weight is 213 g/mol. The van der Waals surface area contributed by atoms with Gasteiger partial charge in [0, 0.05) is 12.4 Å². The van der Waals surface area contributed by atoms with Gasteiger partial charge in [-0.2, -0.15) is 5.26 Å². The summed E-state index contributed by atoms with van der Waals surface area (Å²) in [5.74, 6) is -0.432. The molecule has 15 heavy (non-hydrogen) atoms. The lowest BCUT2D eigenvalue weighted by molar-refractivity contribution is 0.468. The molecule has 1 rings (SSSR count). The van der Waals surface area contributed by atoms with E-state index in [2.05, 4.69) is 4.98 Å². The number of hydrogen-bond acceptors (Lipinski definition) is 2. The summed E-state index contributed by atoms with van der Waals surface area (Å²) in [6.45, 7) is -3.22. The van der Waals surface area contributed by atoms with Crippen LogP contribution in [-0.2, 0) is 6.32 Å². The van der Waals surface area contributed by atoms with Gasteiger partial charge in [-0.05, 0) is 12.5 Å². The SMILES string of the molecule is CC(C#N)c1cncc(C[B-](F)(F)F)c1. The Morgan fingerprint density at radius 2 is 2.13 bits per heavy atom. The molecule has 1 aromatic heterocycles. The molecule has 1 heterocycles. The predicted octanol–water partition coefficient (Wildman–Crippen LogP) is 2.64. The molecule has 0 saturated heterocycles. The van der Waals surface area contributed by atoms with E-state index >= 15 is 0 Å². The zero-order valence-corrected chi connectivity index (χ0v) is 8.12. The summed E-state index contributed by atoms with van der Waals surface area (Å²) < 4.78 is 36.4. The third-order valence-electron chi connectivity index (χ3n) is 1.98. The summed E-state index contributed by atoms with van der Waals surface area (Å²) >= 11 is 0. The van der Waals surface area contributed by atoms with E-state index in [1.807, 2.05) is 6.07 Å². The minimum Gasteiger partial charge on any atom is -0.449 e. The van der Waals surface area contributed by atoms with Gasteiger partial charge in [0.25, 0.3) is 0 Å². The monoisotopic (exact) mass is 213 g/mol. The Morgan fingerprint density at radius 1 is 1.47 bits per heavy atom. The number of nitrogens with zero attached hydrogens (tertiary/aromatic N) is 2. The van der Waals surface area contributed by atoms with Crippen LogP contribution in [0.1, 0.15) is 24.0 Å². The molecule has 1 unspecified atom stereocenters. The first kappa shape index (κ1) is 11.6. The fraction of sp³-hybridized carbons (Fsp3) is 0.333. The van der Waals surface area contributed by atoms with Crippen LogP contribution >= 0.6 is 0 Å². The number of hydrogen-bond donors (Lipinski definition) is 0. The molecule has 0 fully saturated rings. The number of pyridine rings is 1. The van der Waals surface area contributed by atoms with Gasteiger partial charge in [0.15, 0.2) is 0 Å². The molecule has 80 valence electrons. The van der Waals surface area contributed by atoms with Gasteiger partial charge in [-0.25, -0.2) is 0 Å². The highest BCUT2D eigenvalue weighted by molar-refractivity contribution is 6.57. The molecule has 0 aliphatic rings. The lowest BCUT2D eigenvalue weighted by atomic mass is 9.82. The zero-order chi connectivity index (χ0) is 11.5. The van der Waals surface area contributed by atoms with Gasteiger partial charge in [0.2, 0.25) is 0 Å². The molecule has 2 nitrogen and oxygen atoms in total. The first-order valence-electron chi connectivity index (χ1n) is 4.47. The van der Waals surface area contributed by atoms with Crippen LogP contribution in [0.25, 0.3) is 0 Å². The Labute approximate surface area is 85.8 Å². The lowest BCUT2D eigenvalue weighted by Gasteiger charge is -2.14. The molecule has 6 heteroatoms. The van der Waals surface area contributed by atoms with Gasteiger partial charge in [-0.1, -0.05) is 17.9 Å². The lowest BCUT2D eigenvalue weighted by Crippen LogP contribution is -2.19. The first-order valence-corrected chi connectivity index (χ1v) is 4.47. The van der Waals surface area contributed by atoms with Crippen LogP contribution in [0.2, 0.25) is 0 Å². The summed E-state index contributed by atoms with van der Waals surface area (Å²) in [5, 5.41) is 8.62. The molecule has 0 aromatic carbocycles. The molecule has 0 spiro atoms. The summed E-state index contributed by atoms with van der Waals surface area (Å²) in [4.78, 5) is 3.70. The van der Waals surface area contributed by atoms with Crippen LogP contribution in [0.3, 0.4) is 0 Å². The van der Waals surface area contributed by atoms with Crippen molar-refractivity contribution in [3.05, 3.63) is 29.6 Å². The molecule has 0 saturated carbocycles. The Hall–Kier alpha value is -1.51. The van der Waals surface area contributed by atoms with Gasteiger partial charge in [-0.15, -0.1) is 0 Å². The van der Waals surface area contributed by atoms with Crippen LogP contribution in [0.5, 0.6) is 0 Å². The second kappa shape index (κ2) is 4.34. The Bertz CT molecular complexity index is 384. The maximum absolute atomic E-state index is 12.1. The average Bonchev–Trinajstić information content (AvgIpc) is 2.14. The highest BCUT2D eigenvalue weighted by atomic mass is 19.4. The Kier molecular flexibility index (Phi) is 3.35. The van der Waals surface area contributed by atoms with Crippen molar-refractivity contribution in [2.24, 2.45) is 0 Å². The topological polar surface area (TPSA) is 36.7 Å². The maximum atomic E-state index is 12.1. The minimum atomic E-state index is -4.85. The van der Waals surface area contributed by atoms with E-state index in [-0.39, 0.29) is 5.56 Å². The van der Waals surface area contributed by atoms with Crippen molar-refractivity contribution in [1.29, 1.82) is 5.26 Å². The van der Waals surface area contributed by atoms with Gasteiger partial charge >= 0.3 is 6.98 Å². The van der Waals surface area contributed by atoms with Crippen molar-refractivity contribution in [2.75, 3.05) is 0 Å². The van der Waals surface area contributed by atoms with E-state index in [9.17, 15) is 12.9 Å². The zero-order valence-electron chi connectivity index (χ0n) is 8.12. The second-order valence-corrected chi connectivity index (χ2v) is 3.39. The second-order valence-electron chi connectivity index (χ2n) is 3.39. The Morgan fingerprint density at radius 3 is 2.67 bits per heavy atom. The third kappa shape index (κ3) is 3.62. The van der Waals surface area contributed by atoms with Crippen molar-refractivity contribution in [3.8, 4) is 6.07 Å². The first-order chi connectivity index (χ1) is 6.92. The summed E-state index contributed by atoms with van der Waals surface area (Å²) in [7, 11) is 0. The highest BCUT2D eigenvalue weighted by Gasteiger charge is 2.23. The number of nitriles is 1. The standard InChI is InChI=1S/C9H9BF3N2/c1-7(4-14)9-2-8(5-15-6-9)3-10(11,12)13/h2,5-7H,3H2,1H3/q-1. The molecule has 0 amide bonds. The fourth-order valence-corrected chi connectivity index (χ4v) is 1.20. The molecule has 0 aliphatic carbocycles. The van der Waals surface area contributed by atoms with Crippen LogP contribution in [-0.4, -0.2) is 12.0 Å². The molecule has 1 aromatic rings. The number of halogens is 3. The van der Waals surface area contributed by atoms with Crippen molar-refractivity contribution in [3.63, 3.8) is 0 Å². The normalized spacial score (nSPS) is 13.3. The van der Waals surface area contributed by atoms with Crippen LogP contribution in [0.4, 0.5) is 12.9 Å². The van der Waals surface area contributed by atoms with Crippen LogP contribution in [0, 0.1) is 11.3 Å². The van der Waals surface area contributed by atoms with Crippen molar-refractivity contribution in [1.82, 2.24) is 4.98 Å². The van der Waals surface area contributed by atoms with Crippen LogP contribution in [0.15, 0.2) is 18.5 Å². The van der Waals surface area contributed by atoms with Gasteiger partial charge < -0.3 is 12.9 Å². The van der Waals surface area contributed by atoms with Gasteiger partial charge in [0.05, 0.1) is 12.0 Å². The molecule has 0 N–H and O–H groups in total. The quantitative estimate of drug-likeness (QED) is 0.723. The van der Waals surface area contributed by atoms with E-state index in [1.54, 1.807) is 6.92 Å². The molecular weight excluding hydrogens is 204 g/mol. The smallest absolute Gasteiger partial charge is 0.449 e. The third-order valence-corrected chi connectivity index (χ3v) is 1.98. The van der Waals surface area contributed by atoms with E-state index in [0.717, 1.165) is 0 Å². The van der Waals surface area contributed by atoms with E-state index in [0.29, 0.717) is 5.56 Å².